The molecule has 0 spiro atoms. The van der Waals surface area contributed by atoms with Crippen molar-refractivity contribution in [2.75, 3.05) is 7.11 Å². The van der Waals surface area contributed by atoms with Gasteiger partial charge in [-0.2, -0.15) is 0 Å². The number of carbonyl (C=O) groups is 1. The Bertz CT molecular complexity index is 730. The van der Waals surface area contributed by atoms with Gasteiger partial charge < -0.3 is 15.4 Å². The van der Waals surface area contributed by atoms with E-state index < -0.39 is 0 Å². The lowest BCUT2D eigenvalue weighted by molar-refractivity contribution is 0.0930. The van der Waals surface area contributed by atoms with E-state index in [-0.39, 0.29) is 11.9 Å². The molecular formula is C17H19N3O2S. The number of thiazole rings is 1. The molecule has 0 aliphatic carbocycles. The van der Waals surface area contributed by atoms with Crippen LogP contribution in [0.4, 0.5) is 0 Å². The number of carbonyl (C=O) groups excluding carboxylic acids is 1. The van der Waals surface area contributed by atoms with Gasteiger partial charge in [0.05, 0.1) is 12.0 Å². The summed E-state index contributed by atoms with van der Waals surface area (Å²) >= 11 is 1.40. The van der Waals surface area contributed by atoms with E-state index in [1.807, 2.05) is 24.3 Å². The molecule has 120 valence electrons. The minimum Gasteiger partial charge on any atom is -0.496 e. The SMILES string of the molecule is COc1ccccc1-c1cnc(C(=O)N[C@@H]2C[C@H]3CC[C@@H]2N3)s1. The first-order chi connectivity index (χ1) is 11.2. The van der Waals surface area contributed by atoms with Gasteiger partial charge in [-0.3, -0.25) is 4.79 Å². The summed E-state index contributed by atoms with van der Waals surface area (Å²) in [6.07, 6.45) is 5.16. The largest absolute Gasteiger partial charge is 0.496 e. The Morgan fingerprint density at radius 2 is 2.26 bits per heavy atom. The van der Waals surface area contributed by atoms with Gasteiger partial charge in [0.1, 0.15) is 5.75 Å². The number of fused-ring (bicyclic) bond motifs is 2. The predicted octanol–water partition coefficient (Wildman–Crippen LogP) is 2.44. The van der Waals surface area contributed by atoms with Crippen molar-refractivity contribution in [3.05, 3.63) is 35.5 Å². The van der Waals surface area contributed by atoms with Gasteiger partial charge in [0.25, 0.3) is 5.91 Å². The Kier molecular flexibility index (Phi) is 3.79. The number of rotatable bonds is 4. The standard InChI is InChI=1S/C17H19N3O2S/c1-22-14-5-3-2-4-11(14)15-9-18-17(23-15)16(21)20-13-8-10-6-7-12(13)19-10/h2-5,9-10,12-13,19H,6-8H2,1H3,(H,20,21)/t10-,12+,13-/m1/s1. The average Bonchev–Trinajstić information content (AvgIpc) is 3.31. The molecule has 1 aromatic heterocycles. The molecule has 4 rings (SSSR count). The Labute approximate surface area is 139 Å². The van der Waals surface area contributed by atoms with Crippen LogP contribution < -0.4 is 15.4 Å². The number of methoxy groups -OCH3 is 1. The smallest absolute Gasteiger partial charge is 0.280 e. The summed E-state index contributed by atoms with van der Waals surface area (Å²) in [6, 6.07) is 9.02. The summed E-state index contributed by atoms with van der Waals surface area (Å²) in [5.41, 5.74) is 0.966. The normalized spacial score (nSPS) is 25.5. The van der Waals surface area contributed by atoms with Crippen LogP contribution in [0.3, 0.4) is 0 Å². The topological polar surface area (TPSA) is 63.2 Å². The number of nitrogens with one attached hydrogen (secondary N) is 2. The zero-order chi connectivity index (χ0) is 15.8. The second kappa shape index (κ2) is 5.94. The van der Waals surface area contributed by atoms with Crippen molar-refractivity contribution in [3.63, 3.8) is 0 Å². The third-order valence-electron chi connectivity index (χ3n) is 4.69. The number of hydrogen-bond acceptors (Lipinski definition) is 5. The maximum Gasteiger partial charge on any atom is 0.280 e. The van der Waals surface area contributed by atoms with E-state index in [4.69, 9.17) is 4.74 Å². The maximum absolute atomic E-state index is 12.5. The van der Waals surface area contributed by atoms with Crippen molar-refractivity contribution in [2.45, 2.75) is 37.4 Å². The molecule has 2 N–H and O–H groups in total. The molecule has 3 atom stereocenters. The molecule has 0 saturated carbocycles. The molecule has 6 heteroatoms. The van der Waals surface area contributed by atoms with Crippen molar-refractivity contribution >= 4 is 17.2 Å². The Morgan fingerprint density at radius 3 is 3.00 bits per heavy atom. The van der Waals surface area contributed by atoms with Gasteiger partial charge in [-0.25, -0.2) is 4.98 Å². The molecule has 0 unspecified atom stereocenters. The minimum atomic E-state index is -0.0736. The van der Waals surface area contributed by atoms with Crippen LogP contribution in [0, 0.1) is 0 Å². The lowest BCUT2D eigenvalue weighted by Crippen LogP contribution is -2.42. The average molecular weight is 329 g/mol. The number of ether oxygens (including phenoxy) is 1. The minimum absolute atomic E-state index is 0.0736. The van der Waals surface area contributed by atoms with Crippen molar-refractivity contribution in [1.29, 1.82) is 0 Å². The molecular weight excluding hydrogens is 310 g/mol. The van der Waals surface area contributed by atoms with Crippen molar-refractivity contribution in [3.8, 4) is 16.2 Å². The number of aromatic nitrogens is 1. The third-order valence-corrected chi connectivity index (χ3v) is 5.72. The molecule has 2 bridgehead atoms. The van der Waals surface area contributed by atoms with Gasteiger partial charge in [-0.15, -0.1) is 11.3 Å². The highest BCUT2D eigenvalue weighted by atomic mass is 32.1. The second-order valence-electron chi connectivity index (χ2n) is 6.09. The van der Waals surface area contributed by atoms with Gasteiger partial charge in [-0.1, -0.05) is 12.1 Å². The van der Waals surface area contributed by atoms with Gasteiger partial charge in [0.15, 0.2) is 5.01 Å². The highest BCUT2D eigenvalue weighted by Crippen LogP contribution is 2.34. The van der Waals surface area contributed by atoms with E-state index in [0.29, 0.717) is 17.1 Å². The number of para-hydroxylation sites is 1. The second-order valence-corrected chi connectivity index (χ2v) is 7.12. The molecule has 5 nitrogen and oxygen atoms in total. The van der Waals surface area contributed by atoms with Crippen LogP contribution in [-0.4, -0.2) is 36.1 Å². The molecule has 2 saturated heterocycles. The lowest BCUT2D eigenvalue weighted by Gasteiger charge is -2.20. The first kappa shape index (κ1) is 14.7. The zero-order valence-corrected chi connectivity index (χ0v) is 13.7. The highest BCUT2D eigenvalue weighted by Gasteiger charge is 2.39. The summed E-state index contributed by atoms with van der Waals surface area (Å²) in [6.45, 7) is 0. The van der Waals surface area contributed by atoms with E-state index in [1.165, 1.54) is 17.8 Å². The Hall–Kier alpha value is -1.92. The number of hydrogen-bond donors (Lipinski definition) is 2. The highest BCUT2D eigenvalue weighted by molar-refractivity contribution is 7.17. The van der Waals surface area contributed by atoms with Crippen LogP contribution in [0.1, 0.15) is 29.1 Å². The van der Waals surface area contributed by atoms with Crippen LogP contribution in [0.2, 0.25) is 0 Å². The van der Waals surface area contributed by atoms with Crippen molar-refractivity contribution in [2.24, 2.45) is 0 Å². The Morgan fingerprint density at radius 1 is 1.39 bits per heavy atom. The van der Waals surface area contributed by atoms with Crippen LogP contribution >= 0.6 is 11.3 Å². The van der Waals surface area contributed by atoms with Crippen LogP contribution in [0.25, 0.3) is 10.4 Å². The number of amides is 1. The van der Waals surface area contributed by atoms with Gasteiger partial charge in [0.2, 0.25) is 0 Å². The third kappa shape index (κ3) is 2.72. The van der Waals surface area contributed by atoms with Crippen LogP contribution in [0.15, 0.2) is 30.5 Å². The molecule has 3 heterocycles. The van der Waals surface area contributed by atoms with E-state index in [0.717, 1.165) is 29.0 Å². The van der Waals surface area contributed by atoms with E-state index in [2.05, 4.69) is 15.6 Å². The van der Waals surface area contributed by atoms with Crippen LogP contribution in [-0.2, 0) is 0 Å². The van der Waals surface area contributed by atoms with Gasteiger partial charge in [0, 0.05) is 29.9 Å². The van der Waals surface area contributed by atoms with Gasteiger partial charge in [-0.05, 0) is 31.4 Å². The van der Waals surface area contributed by atoms with E-state index in [1.54, 1.807) is 13.3 Å². The fourth-order valence-corrected chi connectivity index (χ4v) is 4.41. The monoisotopic (exact) mass is 329 g/mol. The first-order valence-electron chi connectivity index (χ1n) is 7.90. The molecule has 2 aliphatic heterocycles. The summed E-state index contributed by atoms with van der Waals surface area (Å²) < 4.78 is 5.38. The summed E-state index contributed by atoms with van der Waals surface area (Å²) in [4.78, 5) is 17.7. The molecule has 2 fully saturated rings. The molecule has 23 heavy (non-hydrogen) atoms. The zero-order valence-electron chi connectivity index (χ0n) is 12.9. The van der Waals surface area contributed by atoms with Crippen molar-refractivity contribution < 1.29 is 9.53 Å². The lowest BCUT2D eigenvalue weighted by atomic mass is 9.95. The quantitative estimate of drug-likeness (QED) is 0.904. The molecule has 1 aromatic carbocycles. The van der Waals surface area contributed by atoms with Crippen LogP contribution in [0.5, 0.6) is 5.75 Å². The summed E-state index contributed by atoms with van der Waals surface area (Å²) in [5.74, 6) is 0.718. The maximum atomic E-state index is 12.5. The fraction of sp³-hybridized carbons (Fsp3) is 0.412. The number of benzene rings is 1. The van der Waals surface area contributed by atoms with E-state index in [9.17, 15) is 4.79 Å². The molecule has 0 radical (unpaired) electrons. The van der Waals surface area contributed by atoms with Gasteiger partial charge >= 0.3 is 0 Å². The fourth-order valence-electron chi connectivity index (χ4n) is 3.57. The first-order valence-corrected chi connectivity index (χ1v) is 8.72. The summed E-state index contributed by atoms with van der Waals surface area (Å²) in [5, 5.41) is 7.18. The predicted molar refractivity (Wildman–Crippen MR) is 89.9 cm³/mol. The van der Waals surface area contributed by atoms with E-state index >= 15 is 0 Å². The number of nitrogens with zero attached hydrogens (tertiary/aromatic N) is 1. The van der Waals surface area contributed by atoms with Crippen molar-refractivity contribution in [1.82, 2.24) is 15.6 Å². The Balaban J connectivity index is 1.50. The molecule has 1 amide bonds. The molecule has 2 aromatic rings. The summed E-state index contributed by atoms with van der Waals surface area (Å²) in [7, 11) is 1.65. The molecule has 2 aliphatic rings.